The van der Waals surface area contributed by atoms with Crippen molar-refractivity contribution < 1.29 is 4.92 Å². The molecule has 0 radical (unpaired) electrons. The third kappa shape index (κ3) is 3.36. The molecule has 0 saturated carbocycles. The summed E-state index contributed by atoms with van der Waals surface area (Å²) in [7, 11) is 0. The summed E-state index contributed by atoms with van der Waals surface area (Å²) in [6, 6.07) is 4.74. The van der Waals surface area contributed by atoms with Crippen LogP contribution >= 0.6 is 11.6 Å². The minimum absolute atomic E-state index is 0.0397. The molecule has 1 atom stereocenters. The summed E-state index contributed by atoms with van der Waals surface area (Å²) < 4.78 is 0. The van der Waals surface area contributed by atoms with Crippen molar-refractivity contribution in [1.82, 2.24) is 4.90 Å². The van der Waals surface area contributed by atoms with Gasteiger partial charge in [-0.3, -0.25) is 10.1 Å². The Labute approximate surface area is 117 Å². The molecule has 1 heterocycles. The van der Waals surface area contributed by atoms with E-state index in [1.165, 1.54) is 6.07 Å². The maximum Gasteiger partial charge on any atom is 0.293 e. The maximum atomic E-state index is 11.0. The number of hydrogen-bond acceptors (Lipinski definition) is 4. The molecule has 0 spiro atoms. The van der Waals surface area contributed by atoms with Crippen LogP contribution in [0.3, 0.4) is 0 Å². The second-order valence-electron chi connectivity index (χ2n) is 4.82. The van der Waals surface area contributed by atoms with E-state index < -0.39 is 4.92 Å². The van der Waals surface area contributed by atoms with Crippen LogP contribution in [0.4, 0.5) is 11.4 Å². The summed E-state index contributed by atoms with van der Waals surface area (Å²) in [5.41, 5.74) is 0.474. The van der Waals surface area contributed by atoms with Crippen LogP contribution in [0.25, 0.3) is 0 Å². The molecule has 1 aromatic carbocycles. The minimum Gasteiger partial charge on any atom is -0.378 e. The van der Waals surface area contributed by atoms with Crippen LogP contribution in [0.5, 0.6) is 0 Å². The van der Waals surface area contributed by atoms with E-state index in [9.17, 15) is 10.1 Å². The number of halogens is 1. The second-order valence-corrected chi connectivity index (χ2v) is 5.23. The first kappa shape index (κ1) is 14.1. The van der Waals surface area contributed by atoms with Gasteiger partial charge in [-0.2, -0.15) is 0 Å². The van der Waals surface area contributed by atoms with Crippen molar-refractivity contribution in [1.29, 1.82) is 0 Å². The molecule has 1 unspecified atom stereocenters. The molecular formula is C13H18ClN3O2. The van der Waals surface area contributed by atoms with Crippen molar-refractivity contribution in [3.05, 3.63) is 33.3 Å². The smallest absolute Gasteiger partial charge is 0.293 e. The zero-order chi connectivity index (χ0) is 13.8. The third-order valence-electron chi connectivity index (χ3n) is 3.57. The third-order valence-corrected chi connectivity index (χ3v) is 3.89. The number of para-hydroxylation sites is 1. The van der Waals surface area contributed by atoms with Gasteiger partial charge in [0.1, 0.15) is 5.69 Å². The zero-order valence-corrected chi connectivity index (χ0v) is 11.7. The van der Waals surface area contributed by atoms with E-state index in [1.807, 2.05) is 0 Å². The zero-order valence-electron chi connectivity index (χ0n) is 10.9. The summed E-state index contributed by atoms with van der Waals surface area (Å²) in [6.07, 6.45) is 1.12. The molecule has 6 heteroatoms. The van der Waals surface area contributed by atoms with Gasteiger partial charge in [0.05, 0.1) is 9.95 Å². The molecule has 2 rings (SSSR count). The van der Waals surface area contributed by atoms with Gasteiger partial charge in [-0.25, -0.2) is 0 Å². The predicted octanol–water partition coefficient (Wildman–Crippen LogP) is 3.00. The van der Waals surface area contributed by atoms with Gasteiger partial charge < -0.3 is 10.2 Å². The van der Waals surface area contributed by atoms with Gasteiger partial charge in [0.15, 0.2) is 0 Å². The lowest BCUT2D eigenvalue weighted by atomic mass is 10.1. The summed E-state index contributed by atoms with van der Waals surface area (Å²) in [6.45, 7) is 6.08. The Morgan fingerprint density at radius 1 is 1.58 bits per heavy atom. The number of nitro benzene ring substituents is 1. The van der Waals surface area contributed by atoms with Crippen molar-refractivity contribution in [3.8, 4) is 0 Å². The highest BCUT2D eigenvalue weighted by atomic mass is 35.5. The van der Waals surface area contributed by atoms with Crippen molar-refractivity contribution >= 4 is 23.0 Å². The molecule has 0 amide bonds. The molecule has 0 bridgehead atoms. The lowest BCUT2D eigenvalue weighted by Crippen LogP contribution is -2.22. The van der Waals surface area contributed by atoms with Crippen LogP contribution in [0.15, 0.2) is 18.2 Å². The SMILES string of the molecule is CCN1CCC(CNc2c(Cl)cccc2[N+](=O)[O-])C1. The Balaban J connectivity index is 2.02. The van der Waals surface area contributed by atoms with Gasteiger partial charge in [0, 0.05) is 19.2 Å². The highest BCUT2D eigenvalue weighted by Gasteiger charge is 2.23. The Bertz CT molecular complexity index is 467. The van der Waals surface area contributed by atoms with E-state index in [-0.39, 0.29) is 5.69 Å². The minimum atomic E-state index is -0.402. The summed E-state index contributed by atoms with van der Waals surface area (Å²) in [4.78, 5) is 12.9. The molecule has 1 aliphatic heterocycles. The molecule has 1 saturated heterocycles. The van der Waals surface area contributed by atoms with Crippen LogP contribution in [-0.2, 0) is 0 Å². The molecule has 1 fully saturated rings. The topological polar surface area (TPSA) is 58.4 Å². The van der Waals surface area contributed by atoms with Gasteiger partial charge in [0.2, 0.25) is 0 Å². The van der Waals surface area contributed by atoms with E-state index >= 15 is 0 Å². The first-order valence-electron chi connectivity index (χ1n) is 6.51. The standard InChI is InChI=1S/C13H18ClN3O2/c1-2-16-7-6-10(9-16)8-15-13-11(14)4-3-5-12(13)17(18)19/h3-5,10,15H,2,6-9H2,1H3. The van der Waals surface area contributed by atoms with Gasteiger partial charge in [-0.15, -0.1) is 0 Å². The summed E-state index contributed by atoms with van der Waals surface area (Å²) in [5.74, 6) is 0.524. The van der Waals surface area contributed by atoms with E-state index in [1.54, 1.807) is 12.1 Å². The Kier molecular flexibility index (Phi) is 4.61. The van der Waals surface area contributed by atoms with Gasteiger partial charge in [-0.05, 0) is 31.5 Å². The average molecular weight is 284 g/mol. The van der Waals surface area contributed by atoms with E-state index in [2.05, 4.69) is 17.1 Å². The second kappa shape index (κ2) is 6.21. The lowest BCUT2D eigenvalue weighted by Gasteiger charge is -2.15. The molecular weight excluding hydrogens is 266 g/mol. The van der Waals surface area contributed by atoms with Crippen molar-refractivity contribution in [2.75, 3.05) is 31.5 Å². The molecule has 19 heavy (non-hydrogen) atoms. The summed E-state index contributed by atoms with van der Waals surface area (Å²) >= 11 is 6.04. The number of likely N-dealkylation sites (tertiary alicyclic amines) is 1. The highest BCUT2D eigenvalue weighted by molar-refractivity contribution is 6.33. The maximum absolute atomic E-state index is 11.0. The fourth-order valence-electron chi connectivity index (χ4n) is 2.45. The van der Waals surface area contributed by atoms with Crippen LogP contribution in [0.1, 0.15) is 13.3 Å². The summed E-state index contributed by atoms with van der Waals surface area (Å²) in [5, 5.41) is 14.5. The number of nitro groups is 1. The number of anilines is 1. The van der Waals surface area contributed by atoms with Crippen molar-refractivity contribution in [2.24, 2.45) is 5.92 Å². The number of nitrogens with zero attached hydrogens (tertiary/aromatic N) is 2. The number of hydrogen-bond donors (Lipinski definition) is 1. The van der Waals surface area contributed by atoms with Crippen LogP contribution in [-0.4, -0.2) is 36.0 Å². The highest BCUT2D eigenvalue weighted by Crippen LogP contribution is 2.32. The molecule has 1 aliphatic rings. The number of nitrogens with one attached hydrogen (secondary N) is 1. The normalized spacial score (nSPS) is 19.6. The molecule has 5 nitrogen and oxygen atoms in total. The van der Waals surface area contributed by atoms with Crippen molar-refractivity contribution in [3.63, 3.8) is 0 Å². The molecule has 0 aromatic heterocycles. The number of benzene rings is 1. The van der Waals surface area contributed by atoms with Gasteiger partial charge >= 0.3 is 0 Å². The fraction of sp³-hybridized carbons (Fsp3) is 0.538. The first-order chi connectivity index (χ1) is 9.11. The van der Waals surface area contributed by atoms with Gasteiger partial charge in [0.25, 0.3) is 5.69 Å². The van der Waals surface area contributed by atoms with Crippen molar-refractivity contribution in [2.45, 2.75) is 13.3 Å². The molecule has 0 aliphatic carbocycles. The van der Waals surface area contributed by atoms with Crippen LogP contribution in [0, 0.1) is 16.0 Å². The predicted molar refractivity (Wildman–Crippen MR) is 76.8 cm³/mol. The van der Waals surface area contributed by atoms with Crippen LogP contribution in [0.2, 0.25) is 5.02 Å². The average Bonchev–Trinajstić information content (AvgIpc) is 2.85. The molecule has 1 aromatic rings. The fourth-order valence-corrected chi connectivity index (χ4v) is 2.69. The van der Waals surface area contributed by atoms with E-state index in [0.29, 0.717) is 16.6 Å². The largest absolute Gasteiger partial charge is 0.378 e. The Hall–Kier alpha value is -1.33. The molecule has 104 valence electrons. The van der Waals surface area contributed by atoms with Crippen LogP contribution < -0.4 is 5.32 Å². The van der Waals surface area contributed by atoms with E-state index in [4.69, 9.17) is 11.6 Å². The lowest BCUT2D eigenvalue weighted by molar-refractivity contribution is -0.383. The quantitative estimate of drug-likeness (QED) is 0.667. The van der Waals surface area contributed by atoms with E-state index in [0.717, 1.165) is 32.6 Å². The Morgan fingerprint density at radius 3 is 3.00 bits per heavy atom. The first-order valence-corrected chi connectivity index (χ1v) is 6.88. The Morgan fingerprint density at radius 2 is 2.37 bits per heavy atom. The number of rotatable bonds is 5. The van der Waals surface area contributed by atoms with Gasteiger partial charge in [-0.1, -0.05) is 24.6 Å². The molecule has 1 N–H and O–H groups in total. The monoisotopic (exact) mass is 283 g/mol.